The van der Waals surface area contributed by atoms with E-state index in [2.05, 4.69) is 5.32 Å². The zero-order valence-electron chi connectivity index (χ0n) is 13.7. The van der Waals surface area contributed by atoms with E-state index in [4.69, 9.17) is 4.74 Å². The van der Waals surface area contributed by atoms with Crippen LogP contribution in [-0.2, 0) is 24.3 Å². The monoisotopic (exact) mass is 347 g/mol. The number of carbonyl (C=O) groups excluding carboxylic acids is 2. The summed E-state index contributed by atoms with van der Waals surface area (Å²) in [4.78, 5) is 26.0. The first-order chi connectivity index (χ1) is 10.9. The minimum Gasteiger partial charge on any atom is -0.365 e. The van der Waals surface area contributed by atoms with Crippen molar-refractivity contribution < 1.29 is 22.7 Å². The van der Waals surface area contributed by atoms with Crippen LogP contribution in [0.3, 0.4) is 0 Å². The summed E-state index contributed by atoms with van der Waals surface area (Å²) >= 11 is 0. The summed E-state index contributed by atoms with van der Waals surface area (Å²) in [5, 5.41) is 2.51. The van der Waals surface area contributed by atoms with Gasteiger partial charge in [-0.05, 0) is 19.3 Å². The Hall–Kier alpha value is -1.19. The fourth-order valence-corrected chi connectivity index (χ4v) is 4.82. The highest BCUT2D eigenvalue weighted by Crippen LogP contribution is 2.24. The van der Waals surface area contributed by atoms with Crippen LogP contribution in [0.1, 0.15) is 26.2 Å². The van der Waals surface area contributed by atoms with Crippen molar-refractivity contribution in [2.24, 2.45) is 0 Å². The van der Waals surface area contributed by atoms with E-state index in [1.54, 1.807) is 11.8 Å². The molecule has 0 spiro atoms. The van der Waals surface area contributed by atoms with E-state index in [1.807, 2.05) is 0 Å². The highest BCUT2D eigenvalue weighted by atomic mass is 32.2. The van der Waals surface area contributed by atoms with Crippen molar-refractivity contribution >= 4 is 21.8 Å². The minimum absolute atomic E-state index is 0.0563. The van der Waals surface area contributed by atoms with Gasteiger partial charge in [-0.3, -0.25) is 9.59 Å². The van der Waals surface area contributed by atoms with Crippen LogP contribution in [0.15, 0.2) is 0 Å². The smallest absolute Gasteiger partial charge is 0.250 e. The molecule has 2 rings (SSSR count). The Bertz CT molecular complexity index is 551. The van der Waals surface area contributed by atoms with E-state index in [0.717, 1.165) is 0 Å². The molecule has 1 N–H and O–H groups in total. The highest BCUT2D eigenvalue weighted by molar-refractivity contribution is 7.89. The Morgan fingerprint density at radius 2 is 2.04 bits per heavy atom. The van der Waals surface area contributed by atoms with Crippen LogP contribution < -0.4 is 5.32 Å². The fourth-order valence-electron chi connectivity index (χ4n) is 3.07. The van der Waals surface area contributed by atoms with E-state index < -0.39 is 22.2 Å². The summed E-state index contributed by atoms with van der Waals surface area (Å²) in [6, 6.07) is -0.644. The quantitative estimate of drug-likeness (QED) is 0.700. The predicted molar refractivity (Wildman–Crippen MR) is 84.2 cm³/mol. The summed E-state index contributed by atoms with van der Waals surface area (Å²) in [7, 11) is -1.89. The summed E-state index contributed by atoms with van der Waals surface area (Å²) < 4.78 is 31.3. The average molecular weight is 347 g/mol. The van der Waals surface area contributed by atoms with Crippen LogP contribution in [0, 0.1) is 0 Å². The SMILES string of the molecule is CCCS(=O)(=O)N1CCCC1C(=O)N1CCOC(C(=O)NC)C1. The molecule has 2 aliphatic heterocycles. The zero-order valence-corrected chi connectivity index (χ0v) is 14.5. The van der Waals surface area contributed by atoms with Gasteiger partial charge >= 0.3 is 0 Å². The number of nitrogens with one attached hydrogen (secondary N) is 1. The second-order valence-electron chi connectivity index (χ2n) is 5.84. The molecule has 2 fully saturated rings. The summed E-state index contributed by atoms with van der Waals surface area (Å²) in [5.74, 6) is -0.440. The number of morpholine rings is 1. The van der Waals surface area contributed by atoms with Crippen LogP contribution in [0.2, 0.25) is 0 Å². The summed E-state index contributed by atoms with van der Waals surface area (Å²) in [5.41, 5.74) is 0. The van der Waals surface area contributed by atoms with Crippen molar-refractivity contribution in [3.63, 3.8) is 0 Å². The van der Waals surface area contributed by atoms with Gasteiger partial charge in [-0.1, -0.05) is 6.92 Å². The van der Waals surface area contributed by atoms with Gasteiger partial charge in [0.2, 0.25) is 15.9 Å². The number of hydrogen-bond acceptors (Lipinski definition) is 5. The molecule has 2 heterocycles. The number of ether oxygens (including phenoxy) is 1. The molecule has 9 heteroatoms. The normalized spacial score (nSPS) is 26.3. The first-order valence-corrected chi connectivity index (χ1v) is 9.63. The molecule has 0 aliphatic carbocycles. The first kappa shape index (κ1) is 18.2. The van der Waals surface area contributed by atoms with E-state index >= 15 is 0 Å². The second kappa shape index (κ2) is 7.59. The predicted octanol–water partition coefficient (Wildman–Crippen LogP) is -0.836. The lowest BCUT2D eigenvalue weighted by atomic mass is 10.1. The third-order valence-corrected chi connectivity index (χ3v) is 6.30. The van der Waals surface area contributed by atoms with Crippen molar-refractivity contribution in [2.75, 3.05) is 39.0 Å². The third kappa shape index (κ3) is 4.02. The van der Waals surface area contributed by atoms with Gasteiger partial charge in [0, 0.05) is 20.1 Å². The van der Waals surface area contributed by atoms with E-state index in [0.29, 0.717) is 32.4 Å². The van der Waals surface area contributed by atoms with E-state index in [-0.39, 0.29) is 30.7 Å². The van der Waals surface area contributed by atoms with Gasteiger partial charge in [-0.25, -0.2) is 8.42 Å². The molecule has 23 heavy (non-hydrogen) atoms. The number of amides is 2. The lowest BCUT2D eigenvalue weighted by molar-refractivity contribution is -0.148. The second-order valence-corrected chi connectivity index (χ2v) is 7.88. The Labute approximate surface area is 137 Å². The number of likely N-dealkylation sites (N-methyl/N-ethyl adjacent to an activating group) is 1. The van der Waals surface area contributed by atoms with Gasteiger partial charge in [0.15, 0.2) is 6.10 Å². The minimum atomic E-state index is -3.40. The van der Waals surface area contributed by atoms with Crippen molar-refractivity contribution in [1.29, 1.82) is 0 Å². The lowest BCUT2D eigenvalue weighted by Crippen LogP contribution is -2.55. The van der Waals surface area contributed by atoms with Crippen LogP contribution in [0.5, 0.6) is 0 Å². The molecule has 0 aromatic carbocycles. The first-order valence-electron chi connectivity index (χ1n) is 8.02. The fraction of sp³-hybridized carbons (Fsp3) is 0.857. The summed E-state index contributed by atoms with van der Waals surface area (Å²) in [6.07, 6.45) is 1.04. The van der Waals surface area contributed by atoms with Crippen LogP contribution >= 0.6 is 0 Å². The van der Waals surface area contributed by atoms with Gasteiger partial charge in [0.1, 0.15) is 6.04 Å². The maximum atomic E-state index is 12.8. The van der Waals surface area contributed by atoms with Gasteiger partial charge < -0.3 is 15.0 Å². The molecule has 2 unspecified atom stereocenters. The molecule has 0 bridgehead atoms. The Morgan fingerprint density at radius 3 is 2.70 bits per heavy atom. The van der Waals surface area contributed by atoms with Crippen LogP contribution in [0.25, 0.3) is 0 Å². The van der Waals surface area contributed by atoms with Gasteiger partial charge in [0.05, 0.1) is 18.9 Å². The largest absolute Gasteiger partial charge is 0.365 e. The van der Waals surface area contributed by atoms with E-state index in [1.165, 1.54) is 11.4 Å². The standard InChI is InChI=1S/C14H25N3O5S/c1-3-9-23(20,21)17-6-4-5-11(17)14(19)16-7-8-22-12(10-16)13(18)15-2/h11-12H,3-10H2,1-2H3,(H,15,18). The van der Waals surface area contributed by atoms with Crippen molar-refractivity contribution in [2.45, 2.75) is 38.3 Å². The number of nitrogens with zero attached hydrogens (tertiary/aromatic N) is 2. The molecule has 2 saturated heterocycles. The van der Waals surface area contributed by atoms with Crippen LogP contribution in [0.4, 0.5) is 0 Å². The average Bonchev–Trinajstić information content (AvgIpc) is 3.04. The molecule has 0 radical (unpaired) electrons. The molecule has 2 aliphatic rings. The van der Waals surface area contributed by atoms with Crippen LogP contribution in [-0.4, -0.2) is 80.6 Å². The molecule has 0 aromatic heterocycles. The molecular weight excluding hydrogens is 322 g/mol. The molecule has 2 atom stereocenters. The van der Waals surface area contributed by atoms with Gasteiger partial charge in [0.25, 0.3) is 5.91 Å². The molecule has 2 amide bonds. The maximum Gasteiger partial charge on any atom is 0.250 e. The van der Waals surface area contributed by atoms with Crippen molar-refractivity contribution in [3.8, 4) is 0 Å². The molecule has 0 aromatic rings. The molecular formula is C14H25N3O5S. The van der Waals surface area contributed by atoms with Gasteiger partial charge in [-0.15, -0.1) is 0 Å². The van der Waals surface area contributed by atoms with Crippen molar-refractivity contribution in [1.82, 2.24) is 14.5 Å². The number of hydrogen-bond donors (Lipinski definition) is 1. The lowest BCUT2D eigenvalue weighted by Gasteiger charge is -2.35. The summed E-state index contributed by atoms with van der Waals surface area (Å²) in [6.45, 7) is 3.02. The van der Waals surface area contributed by atoms with Gasteiger partial charge in [-0.2, -0.15) is 4.31 Å². The zero-order chi connectivity index (χ0) is 17.0. The Morgan fingerprint density at radius 1 is 1.30 bits per heavy atom. The number of sulfonamides is 1. The molecule has 8 nitrogen and oxygen atoms in total. The van der Waals surface area contributed by atoms with E-state index in [9.17, 15) is 18.0 Å². The number of rotatable bonds is 5. The Kier molecular flexibility index (Phi) is 5.99. The highest BCUT2D eigenvalue weighted by Gasteiger charge is 2.41. The van der Waals surface area contributed by atoms with Crippen molar-refractivity contribution in [3.05, 3.63) is 0 Å². The topological polar surface area (TPSA) is 96.0 Å². The molecule has 0 saturated carbocycles. The molecule has 132 valence electrons. The Balaban J connectivity index is 2.08. The maximum absolute atomic E-state index is 12.8. The number of carbonyl (C=O) groups is 2. The third-order valence-electron chi connectivity index (χ3n) is 4.23.